The minimum atomic E-state index is -0.456. The van der Waals surface area contributed by atoms with Crippen molar-refractivity contribution in [1.29, 1.82) is 0 Å². The lowest BCUT2D eigenvalue weighted by molar-refractivity contribution is -0.123. The molecule has 1 atom stereocenters. The van der Waals surface area contributed by atoms with Gasteiger partial charge in [0.05, 0.1) is 6.20 Å². The average molecular weight is 383 g/mol. The summed E-state index contributed by atoms with van der Waals surface area (Å²) in [6.45, 7) is 0.393. The third-order valence-corrected chi connectivity index (χ3v) is 5.25. The lowest BCUT2D eigenvalue weighted by atomic mass is 9.88. The summed E-state index contributed by atoms with van der Waals surface area (Å²) in [6, 6.07) is 7.18. The zero-order valence-electron chi connectivity index (χ0n) is 16.6. The third-order valence-electron chi connectivity index (χ3n) is 5.25. The molecule has 1 heterocycles. The van der Waals surface area contributed by atoms with Crippen molar-refractivity contribution in [2.24, 2.45) is 13.0 Å². The maximum atomic E-state index is 12.5. The molecule has 0 aliphatic heterocycles. The highest BCUT2D eigenvalue weighted by Crippen LogP contribution is 2.25. The van der Waals surface area contributed by atoms with Gasteiger partial charge in [-0.3, -0.25) is 14.3 Å². The van der Waals surface area contributed by atoms with Gasteiger partial charge in [0.25, 0.3) is 0 Å². The van der Waals surface area contributed by atoms with Gasteiger partial charge < -0.3 is 16.0 Å². The van der Waals surface area contributed by atoms with Crippen LogP contribution in [-0.2, 0) is 23.2 Å². The molecule has 3 rings (SSSR count). The smallest absolute Gasteiger partial charge is 0.242 e. The maximum absolute atomic E-state index is 12.5. The molecule has 7 nitrogen and oxygen atoms in total. The number of anilines is 1. The Hall–Kier alpha value is -2.67. The van der Waals surface area contributed by atoms with Gasteiger partial charge in [0.1, 0.15) is 6.04 Å². The zero-order chi connectivity index (χ0) is 19.9. The molecule has 28 heavy (non-hydrogen) atoms. The Balaban J connectivity index is 1.56. The van der Waals surface area contributed by atoms with Crippen molar-refractivity contribution in [2.45, 2.75) is 44.7 Å². The van der Waals surface area contributed by atoms with Crippen molar-refractivity contribution < 1.29 is 9.59 Å². The largest absolute Gasteiger partial charge is 0.350 e. The molecular formula is C21H29N5O2. The monoisotopic (exact) mass is 383 g/mol. The van der Waals surface area contributed by atoms with Gasteiger partial charge in [0.2, 0.25) is 11.8 Å². The van der Waals surface area contributed by atoms with E-state index in [2.05, 4.69) is 21.0 Å². The van der Waals surface area contributed by atoms with Crippen LogP contribution in [0.1, 0.15) is 49.3 Å². The number of rotatable bonds is 7. The van der Waals surface area contributed by atoms with Crippen LogP contribution in [0.4, 0.5) is 5.69 Å². The predicted octanol–water partition coefficient (Wildman–Crippen LogP) is 2.52. The second kappa shape index (κ2) is 9.50. The quantitative estimate of drug-likeness (QED) is 0.686. The highest BCUT2D eigenvalue weighted by molar-refractivity contribution is 5.92. The molecule has 0 spiro atoms. The van der Waals surface area contributed by atoms with E-state index in [-0.39, 0.29) is 17.7 Å². The summed E-state index contributed by atoms with van der Waals surface area (Å²) in [5, 5.41) is 13.1. The number of nitrogens with one attached hydrogen (secondary N) is 3. The van der Waals surface area contributed by atoms with Gasteiger partial charge in [-0.05, 0) is 37.6 Å². The summed E-state index contributed by atoms with van der Waals surface area (Å²) in [7, 11) is 3.57. The maximum Gasteiger partial charge on any atom is 0.242 e. The second-order valence-corrected chi connectivity index (χ2v) is 7.41. The van der Waals surface area contributed by atoms with E-state index in [0.29, 0.717) is 6.54 Å². The van der Waals surface area contributed by atoms with Crippen molar-refractivity contribution in [3.05, 3.63) is 47.8 Å². The lowest BCUT2D eigenvalue weighted by Crippen LogP contribution is -2.35. The molecule has 0 radical (unpaired) electrons. The molecule has 1 aromatic heterocycles. The van der Waals surface area contributed by atoms with Crippen LogP contribution < -0.4 is 16.0 Å². The molecule has 1 aliphatic rings. The highest BCUT2D eigenvalue weighted by Gasteiger charge is 2.21. The van der Waals surface area contributed by atoms with Crippen molar-refractivity contribution in [3.8, 4) is 0 Å². The van der Waals surface area contributed by atoms with Gasteiger partial charge in [-0.25, -0.2) is 0 Å². The minimum Gasteiger partial charge on any atom is -0.350 e. The van der Waals surface area contributed by atoms with E-state index in [1.54, 1.807) is 17.9 Å². The summed E-state index contributed by atoms with van der Waals surface area (Å²) in [5.74, 6) is 0.104. The van der Waals surface area contributed by atoms with Crippen LogP contribution in [0.3, 0.4) is 0 Å². The molecule has 0 saturated heterocycles. The van der Waals surface area contributed by atoms with Crippen molar-refractivity contribution in [2.75, 3.05) is 12.4 Å². The summed E-state index contributed by atoms with van der Waals surface area (Å²) in [4.78, 5) is 25.0. The second-order valence-electron chi connectivity index (χ2n) is 7.41. The van der Waals surface area contributed by atoms with E-state index in [1.807, 2.05) is 37.5 Å². The molecule has 1 saturated carbocycles. The molecule has 1 fully saturated rings. The van der Waals surface area contributed by atoms with Crippen molar-refractivity contribution >= 4 is 17.5 Å². The number of likely N-dealkylation sites (N-methyl/N-ethyl adjacent to an activating group) is 1. The predicted molar refractivity (Wildman–Crippen MR) is 109 cm³/mol. The molecule has 3 N–H and O–H groups in total. The molecular weight excluding hydrogens is 354 g/mol. The lowest BCUT2D eigenvalue weighted by Gasteiger charge is -2.21. The molecule has 1 aliphatic carbocycles. The van der Waals surface area contributed by atoms with Crippen LogP contribution in [0.2, 0.25) is 0 Å². The van der Waals surface area contributed by atoms with Crippen LogP contribution in [0.5, 0.6) is 0 Å². The summed E-state index contributed by atoms with van der Waals surface area (Å²) < 4.78 is 1.67. The van der Waals surface area contributed by atoms with E-state index in [4.69, 9.17) is 0 Å². The molecule has 0 bridgehead atoms. The first-order chi connectivity index (χ1) is 13.6. The van der Waals surface area contributed by atoms with E-state index in [1.165, 1.54) is 6.42 Å². The fraction of sp³-hybridized carbons (Fsp3) is 0.476. The van der Waals surface area contributed by atoms with Crippen LogP contribution in [0.15, 0.2) is 36.7 Å². The number of aryl methyl sites for hydroxylation is 1. The number of hydrogen-bond donors (Lipinski definition) is 3. The van der Waals surface area contributed by atoms with Gasteiger partial charge in [-0.1, -0.05) is 31.4 Å². The number of carbonyl (C=O) groups excluding carboxylic acids is 2. The van der Waals surface area contributed by atoms with E-state index in [0.717, 1.165) is 42.5 Å². The van der Waals surface area contributed by atoms with Crippen LogP contribution >= 0.6 is 0 Å². The zero-order valence-corrected chi connectivity index (χ0v) is 16.6. The third kappa shape index (κ3) is 5.19. The standard InChI is InChI=1S/C21H29N5O2/c1-22-19(17-13-24-26(2)14-17)21(28)23-12-15-7-6-10-18(11-15)25-20(27)16-8-4-3-5-9-16/h6-7,10-11,13-14,16,19,22H,3-5,8-9,12H2,1-2H3,(H,23,28)(H,25,27). The van der Waals surface area contributed by atoms with Crippen LogP contribution in [-0.4, -0.2) is 28.6 Å². The average Bonchev–Trinajstić information content (AvgIpc) is 3.14. The number of hydrogen-bond acceptors (Lipinski definition) is 4. The number of aromatic nitrogens is 2. The molecule has 2 amide bonds. The van der Waals surface area contributed by atoms with Gasteiger partial charge in [0, 0.05) is 37.0 Å². The number of carbonyl (C=O) groups is 2. The van der Waals surface area contributed by atoms with Gasteiger partial charge in [-0.2, -0.15) is 5.10 Å². The number of nitrogens with zero attached hydrogens (tertiary/aromatic N) is 2. The first-order valence-electron chi connectivity index (χ1n) is 9.90. The van der Waals surface area contributed by atoms with E-state index in [9.17, 15) is 9.59 Å². The Morgan fingerprint density at radius 3 is 2.71 bits per heavy atom. The van der Waals surface area contributed by atoms with Gasteiger partial charge in [0.15, 0.2) is 0 Å². The Morgan fingerprint density at radius 1 is 1.25 bits per heavy atom. The summed E-state index contributed by atoms with van der Waals surface area (Å²) in [6.07, 6.45) is 8.94. The summed E-state index contributed by atoms with van der Waals surface area (Å²) in [5.41, 5.74) is 2.53. The Labute approximate surface area is 165 Å². The topological polar surface area (TPSA) is 88.1 Å². The van der Waals surface area contributed by atoms with Crippen molar-refractivity contribution in [1.82, 2.24) is 20.4 Å². The molecule has 2 aromatic rings. The molecule has 1 unspecified atom stereocenters. The first-order valence-corrected chi connectivity index (χ1v) is 9.90. The van der Waals surface area contributed by atoms with E-state index < -0.39 is 6.04 Å². The fourth-order valence-electron chi connectivity index (χ4n) is 3.70. The Kier molecular flexibility index (Phi) is 6.81. The SMILES string of the molecule is CNC(C(=O)NCc1cccc(NC(=O)C2CCCCC2)c1)c1cnn(C)c1. The first kappa shape index (κ1) is 20.1. The Bertz CT molecular complexity index is 811. The highest BCUT2D eigenvalue weighted by atomic mass is 16.2. The van der Waals surface area contributed by atoms with Gasteiger partial charge in [-0.15, -0.1) is 0 Å². The summed E-state index contributed by atoms with van der Waals surface area (Å²) >= 11 is 0. The van der Waals surface area contributed by atoms with Crippen molar-refractivity contribution in [3.63, 3.8) is 0 Å². The fourth-order valence-corrected chi connectivity index (χ4v) is 3.70. The molecule has 1 aromatic carbocycles. The normalized spacial score (nSPS) is 15.8. The van der Waals surface area contributed by atoms with Crippen LogP contribution in [0, 0.1) is 5.92 Å². The van der Waals surface area contributed by atoms with Crippen LogP contribution in [0.25, 0.3) is 0 Å². The number of amides is 2. The van der Waals surface area contributed by atoms with Gasteiger partial charge >= 0.3 is 0 Å². The molecule has 7 heteroatoms. The number of benzene rings is 1. The Morgan fingerprint density at radius 2 is 2.04 bits per heavy atom. The molecule has 150 valence electrons. The minimum absolute atomic E-state index is 0.104. The van der Waals surface area contributed by atoms with E-state index >= 15 is 0 Å².